The summed E-state index contributed by atoms with van der Waals surface area (Å²) in [6, 6.07) is 0. The number of hydrazine groups is 1. The molecule has 58 valence electrons. The molecule has 0 aromatic rings. The van der Waals surface area contributed by atoms with Crippen LogP contribution in [0.5, 0.6) is 0 Å². The van der Waals surface area contributed by atoms with Crippen molar-refractivity contribution in [1.82, 2.24) is 0 Å². The summed E-state index contributed by atoms with van der Waals surface area (Å²) in [5, 5.41) is 0. The van der Waals surface area contributed by atoms with Gasteiger partial charge in [0.05, 0.1) is 0 Å². The van der Waals surface area contributed by atoms with Crippen LogP contribution >= 0.6 is 17.1 Å². The molecule has 0 aromatic heterocycles. The van der Waals surface area contributed by atoms with Crippen LogP contribution in [0, 0.1) is 0 Å². The standard InChI is InChI=1S/C2H7O2PS2.H4N2/c1-4-5(3,6)7-2;1-2/h1-2H3,(H,3,6);1-2H2. The Hall–Kier alpha value is 0.840. The van der Waals surface area contributed by atoms with Gasteiger partial charge in [0, 0.05) is 7.11 Å². The van der Waals surface area contributed by atoms with Gasteiger partial charge in [-0.15, -0.1) is 0 Å². The van der Waals surface area contributed by atoms with Gasteiger partial charge in [-0.1, -0.05) is 11.4 Å². The Labute approximate surface area is 63.8 Å². The highest BCUT2D eigenvalue weighted by molar-refractivity contribution is 8.67. The second kappa shape index (κ2) is 6.95. The van der Waals surface area contributed by atoms with Gasteiger partial charge in [0.15, 0.2) is 0 Å². The van der Waals surface area contributed by atoms with Crippen LogP contribution in [-0.2, 0) is 16.3 Å². The third-order valence-corrected chi connectivity index (χ3v) is 5.00. The van der Waals surface area contributed by atoms with E-state index in [1.54, 1.807) is 6.26 Å². The second-order valence-corrected chi connectivity index (χ2v) is 7.26. The zero-order valence-electron chi connectivity index (χ0n) is 5.27. The molecule has 0 radical (unpaired) electrons. The summed E-state index contributed by atoms with van der Waals surface area (Å²) in [5.74, 6) is 8.00. The Kier molecular flexibility index (Phi) is 9.67. The summed E-state index contributed by atoms with van der Waals surface area (Å²) in [4.78, 5) is 8.80. The molecule has 0 heterocycles. The summed E-state index contributed by atoms with van der Waals surface area (Å²) in [6.45, 7) is 0. The van der Waals surface area contributed by atoms with Gasteiger partial charge >= 0.3 is 0 Å². The first kappa shape index (κ1) is 12.5. The second-order valence-electron chi connectivity index (χ2n) is 0.834. The average molecular weight is 190 g/mol. The largest absolute Gasteiger partial charge is 0.337 e. The topological polar surface area (TPSA) is 81.5 Å². The maximum atomic E-state index is 8.80. The summed E-state index contributed by atoms with van der Waals surface area (Å²) < 4.78 is 4.53. The van der Waals surface area contributed by atoms with Crippen molar-refractivity contribution in [1.29, 1.82) is 0 Å². The number of nitrogens with two attached hydrogens (primary N) is 2. The van der Waals surface area contributed by atoms with Crippen LogP contribution in [0.3, 0.4) is 0 Å². The van der Waals surface area contributed by atoms with E-state index in [0.717, 1.165) is 0 Å². The fraction of sp³-hybridized carbons (Fsp3) is 1.00. The van der Waals surface area contributed by atoms with Gasteiger partial charge < -0.3 is 9.42 Å². The fourth-order valence-electron chi connectivity index (χ4n) is 0.0745. The predicted octanol–water partition coefficient (Wildman–Crippen LogP) is 0.0314. The van der Waals surface area contributed by atoms with E-state index in [9.17, 15) is 0 Å². The lowest BCUT2D eigenvalue weighted by molar-refractivity contribution is 0.405. The third-order valence-electron chi connectivity index (χ3n) is 0.461. The first-order valence-corrected chi connectivity index (χ1v) is 6.40. The van der Waals surface area contributed by atoms with Crippen molar-refractivity contribution in [2.45, 2.75) is 0 Å². The Bertz CT molecular complexity index is 92.6. The zero-order valence-corrected chi connectivity index (χ0v) is 7.80. The quantitative estimate of drug-likeness (QED) is 0.324. The van der Waals surface area contributed by atoms with Crippen molar-refractivity contribution >= 4 is 28.9 Å². The van der Waals surface area contributed by atoms with E-state index in [1.807, 2.05) is 0 Å². The SMILES string of the molecule is COP(O)(=S)SC.NN. The van der Waals surface area contributed by atoms with Crippen molar-refractivity contribution in [3.05, 3.63) is 0 Å². The molecule has 1 atom stereocenters. The number of hydrogen-bond donors (Lipinski definition) is 3. The van der Waals surface area contributed by atoms with E-state index >= 15 is 0 Å². The molecule has 0 bridgehead atoms. The van der Waals surface area contributed by atoms with Crippen molar-refractivity contribution in [3.8, 4) is 0 Å². The molecule has 0 saturated heterocycles. The minimum atomic E-state index is -2.40. The Balaban J connectivity index is 0. The van der Waals surface area contributed by atoms with E-state index < -0.39 is 5.69 Å². The van der Waals surface area contributed by atoms with E-state index in [4.69, 9.17) is 4.89 Å². The van der Waals surface area contributed by atoms with Crippen LogP contribution in [0.25, 0.3) is 0 Å². The number of rotatable bonds is 2. The summed E-state index contributed by atoms with van der Waals surface area (Å²) in [7, 11) is 1.41. The van der Waals surface area contributed by atoms with Gasteiger partial charge in [0.2, 0.25) is 5.69 Å². The first-order valence-electron chi connectivity index (χ1n) is 1.90. The Morgan fingerprint density at radius 3 is 2.00 bits per heavy atom. The van der Waals surface area contributed by atoms with Crippen molar-refractivity contribution < 1.29 is 9.42 Å². The van der Waals surface area contributed by atoms with Crippen molar-refractivity contribution in [3.63, 3.8) is 0 Å². The van der Waals surface area contributed by atoms with Crippen molar-refractivity contribution in [2.75, 3.05) is 13.4 Å². The molecule has 0 fully saturated rings. The van der Waals surface area contributed by atoms with Gasteiger partial charge in [0.25, 0.3) is 0 Å². The summed E-state index contributed by atoms with van der Waals surface area (Å²) in [6.07, 6.45) is 1.73. The highest BCUT2D eigenvalue weighted by Gasteiger charge is 2.05. The smallest absolute Gasteiger partial charge is 0.244 e. The molecular weight excluding hydrogens is 179 g/mol. The van der Waals surface area contributed by atoms with Gasteiger partial charge in [-0.2, -0.15) is 0 Å². The molecule has 0 aliphatic carbocycles. The highest BCUT2D eigenvalue weighted by atomic mass is 32.9. The molecule has 5 N–H and O–H groups in total. The molecule has 0 aromatic carbocycles. The number of hydrogen-bond acceptors (Lipinski definition) is 5. The molecule has 0 rings (SSSR count). The lowest BCUT2D eigenvalue weighted by atomic mass is 11.8. The minimum absolute atomic E-state index is 1.19. The molecule has 0 aliphatic rings. The van der Waals surface area contributed by atoms with Crippen LogP contribution in [0.2, 0.25) is 0 Å². The van der Waals surface area contributed by atoms with Gasteiger partial charge in [-0.3, -0.25) is 11.7 Å². The lowest BCUT2D eigenvalue weighted by Gasteiger charge is -2.05. The van der Waals surface area contributed by atoms with Gasteiger partial charge in [0.1, 0.15) is 0 Å². The highest BCUT2D eigenvalue weighted by Crippen LogP contribution is 2.53. The average Bonchev–Trinajstić information content (AvgIpc) is 1.93. The van der Waals surface area contributed by atoms with Crippen LogP contribution < -0.4 is 11.7 Å². The zero-order chi connectivity index (χ0) is 7.91. The molecule has 0 amide bonds. The molecule has 0 spiro atoms. The predicted molar refractivity (Wildman–Crippen MR) is 45.4 cm³/mol. The van der Waals surface area contributed by atoms with Crippen LogP contribution in [-0.4, -0.2) is 18.3 Å². The van der Waals surface area contributed by atoms with Gasteiger partial charge in [-0.05, 0) is 18.1 Å². The Morgan fingerprint density at radius 2 is 2.00 bits per heavy atom. The van der Waals surface area contributed by atoms with Crippen LogP contribution in [0.15, 0.2) is 0 Å². The maximum absolute atomic E-state index is 8.80. The van der Waals surface area contributed by atoms with E-state index in [1.165, 1.54) is 18.5 Å². The van der Waals surface area contributed by atoms with E-state index in [-0.39, 0.29) is 0 Å². The Morgan fingerprint density at radius 1 is 1.67 bits per heavy atom. The molecule has 9 heavy (non-hydrogen) atoms. The first-order chi connectivity index (χ1) is 4.12. The monoisotopic (exact) mass is 190 g/mol. The minimum Gasteiger partial charge on any atom is -0.337 e. The normalized spacial score (nSPS) is 15.2. The van der Waals surface area contributed by atoms with E-state index in [2.05, 4.69) is 28.0 Å². The molecular formula is C2H11N2O2PS2. The van der Waals surface area contributed by atoms with Crippen LogP contribution in [0.1, 0.15) is 0 Å². The molecule has 0 saturated carbocycles. The molecule has 4 nitrogen and oxygen atoms in total. The lowest BCUT2D eigenvalue weighted by Crippen LogP contribution is -2.02. The molecule has 1 unspecified atom stereocenters. The summed E-state index contributed by atoms with van der Waals surface area (Å²) >= 11 is 5.74. The van der Waals surface area contributed by atoms with E-state index in [0.29, 0.717) is 0 Å². The summed E-state index contributed by atoms with van der Waals surface area (Å²) in [5.41, 5.74) is -2.40. The van der Waals surface area contributed by atoms with Crippen LogP contribution in [0.4, 0.5) is 0 Å². The molecule has 7 heteroatoms. The fourth-order valence-corrected chi connectivity index (χ4v) is 0.671. The maximum Gasteiger partial charge on any atom is 0.244 e. The third kappa shape index (κ3) is 8.84. The van der Waals surface area contributed by atoms with Crippen molar-refractivity contribution in [2.24, 2.45) is 11.7 Å². The molecule has 0 aliphatic heterocycles. The van der Waals surface area contributed by atoms with Gasteiger partial charge in [-0.25, -0.2) is 0 Å².